The van der Waals surface area contributed by atoms with E-state index in [0.717, 1.165) is 5.56 Å². The average molecular weight is 317 g/mol. The molecule has 0 aliphatic rings. The molecule has 0 fully saturated rings. The van der Waals surface area contributed by atoms with Crippen LogP contribution >= 0.6 is 11.3 Å². The molecule has 4 nitrogen and oxygen atoms in total. The molecule has 1 atom stereocenters. The highest BCUT2D eigenvalue weighted by Crippen LogP contribution is 2.12. The van der Waals surface area contributed by atoms with Gasteiger partial charge in [-0.05, 0) is 30.4 Å². The first-order chi connectivity index (χ1) is 10.6. The van der Waals surface area contributed by atoms with Crippen molar-refractivity contribution in [2.75, 3.05) is 0 Å². The average Bonchev–Trinajstić information content (AvgIpc) is 3.06. The summed E-state index contributed by atoms with van der Waals surface area (Å²) >= 11 is 1.30. The number of benzene rings is 1. The molecule has 0 radical (unpaired) electrons. The van der Waals surface area contributed by atoms with Crippen molar-refractivity contribution in [1.82, 2.24) is 5.32 Å². The number of ether oxygens (including phenoxy) is 1. The minimum atomic E-state index is -0.764. The maximum Gasteiger partial charge on any atom is 0.349 e. The molecule has 0 aliphatic carbocycles. The Morgan fingerprint density at radius 1 is 1.23 bits per heavy atom. The molecule has 1 aromatic carbocycles. The second kappa shape index (κ2) is 7.75. The van der Waals surface area contributed by atoms with Crippen LogP contribution in [-0.2, 0) is 16.1 Å². The molecular formula is C17H19NO3S. The van der Waals surface area contributed by atoms with Gasteiger partial charge in [0, 0.05) is 6.54 Å². The van der Waals surface area contributed by atoms with Gasteiger partial charge in [-0.1, -0.05) is 42.8 Å². The van der Waals surface area contributed by atoms with Crippen LogP contribution in [0.3, 0.4) is 0 Å². The van der Waals surface area contributed by atoms with E-state index in [1.54, 1.807) is 17.5 Å². The van der Waals surface area contributed by atoms with Gasteiger partial charge in [-0.25, -0.2) is 4.79 Å². The molecular weight excluding hydrogens is 298 g/mol. The van der Waals surface area contributed by atoms with Crippen LogP contribution in [0, 0.1) is 6.92 Å². The summed E-state index contributed by atoms with van der Waals surface area (Å²) in [5.74, 6) is -0.722. The van der Waals surface area contributed by atoms with Crippen LogP contribution in [0.15, 0.2) is 41.8 Å². The standard InChI is InChI=1S/C17H19NO3S/c1-3-14(21-17(20)15-5-4-10-22-15)16(19)18-11-13-8-6-12(2)7-9-13/h4-10,14H,3,11H2,1-2H3,(H,18,19)/t14-/m0/s1. The molecule has 0 spiro atoms. The van der Waals surface area contributed by atoms with E-state index in [1.807, 2.05) is 38.1 Å². The van der Waals surface area contributed by atoms with Crippen LogP contribution in [0.1, 0.15) is 34.1 Å². The zero-order valence-corrected chi connectivity index (χ0v) is 13.5. The van der Waals surface area contributed by atoms with E-state index in [9.17, 15) is 9.59 Å². The monoisotopic (exact) mass is 317 g/mol. The Morgan fingerprint density at radius 3 is 2.55 bits per heavy atom. The summed E-state index contributed by atoms with van der Waals surface area (Å²) in [6, 6.07) is 11.4. The number of esters is 1. The summed E-state index contributed by atoms with van der Waals surface area (Å²) in [6.07, 6.45) is -0.323. The molecule has 2 rings (SSSR count). The fourth-order valence-corrected chi connectivity index (χ4v) is 2.52. The Morgan fingerprint density at radius 2 is 1.95 bits per heavy atom. The van der Waals surface area contributed by atoms with E-state index in [-0.39, 0.29) is 5.91 Å². The molecule has 22 heavy (non-hydrogen) atoms. The Hall–Kier alpha value is -2.14. The molecule has 116 valence electrons. The second-order valence-corrected chi connectivity index (χ2v) is 5.93. The van der Waals surface area contributed by atoms with Gasteiger partial charge in [0.2, 0.25) is 0 Å². The Kier molecular flexibility index (Phi) is 5.72. The number of thiophene rings is 1. The van der Waals surface area contributed by atoms with Crippen LogP contribution in [0.4, 0.5) is 0 Å². The van der Waals surface area contributed by atoms with Gasteiger partial charge in [0.05, 0.1) is 0 Å². The Bertz CT molecular complexity index is 620. The minimum absolute atomic E-state index is 0.270. The highest BCUT2D eigenvalue weighted by Gasteiger charge is 2.22. The van der Waals surface area contributed by atoms with E-state index >= 15 is 0 Å². The molecule has 1 aromatic heterocycles. The van der Waals surface area contributed by atoms with Crippen LogP contribution in [-0.4, -0.2) is 18.0 Å². The Balaban J connectivity index is 1.88. The number of aryl methyl sites for hydroxylation is 1. The van der Waals surface area contributed by atoms with E-state index < -0.39 is 12.1 Å². The van der Waals surface area contributed by atoms with Gasteiger partial charge < -0.3 is 10.1 Å². The van der Waals surface area contributed by atoms with E-state index in [2.05, 4.69) is 5.32 Å². The quantitative estimate of drug-likeness (QED) is 0.832. The number of hydrogen-bond acceptors (Lipinski definition) is 4. The maximum atomic E-state index is 12.1. The first kappa shape index (κ1) is 16.2. The zero-order chi connectivity index (χ0) is 15.9. The number of hydrogen-bond donors (Lipinski definition) is 1. The van der Waals surface area contributed by atoms with Crippen molar-refractivity contribution in [1.29, 1.82) is 0 Å². The molecule has 1 heterocycles. The van der Waals surface area contributed by atoms with Crippen molar-refractivity contribution in [3.8, 4) is 0 Å². The van der Waals surface area contributed by atoms with Crippen molar-refractivity contribution >= 4 is 23.2 Å². The minimum Gasteiger partial charge on any atom is -0.448 e. The van der Waals surface area contributed by atoms with Crippen molar-refractivity contribution in [2.45, 2.75) is 32.9 Å². The summed E-state index contributed by atoms with van der Waals surface area (Å²) in [6.45, 7) is 4.25. The summed E-state index contributed by atoms with van der Waals surface area (Å²) in [5.41, 5.74) is 2.18. The molecule has 0 unspecified atom stereocenters. The highest BCUT2D eigenvalue weighted by molar-refractivity contribution is 7.11. The third-order valence-corrected chi connectivity index (χ3v) is 4.07. The summed E-state index contributed by atoms with van der Waals surface area (Å²) in [4.78, 5) is 24.5. The summed E-state index contributed by atoms with van der Waals surface area (Å²) < 4.78 is 5.27. The maximum absolute atomic E-state index is 12.1. The molecule has 1 amide bonds. The van der Waals surface area contributed by atoms with E-state index in [4.69, 9.17) is 4.74 Å². The summed E-state index contributed by atoms with van der Waals surface area (Å²) in [5, 5.41) is 4.61. The highest BCUT2D eigenvalue weighted by atomic mass is 32.1. The molecule has 0 saturated carbocycles. The molecule has 5 heteroatoms. The van der Waals surface area contributed by atoms with Crippen LogP contribution in [0.25, 0.3) is 0 Å². The van der Waals surface area contributed by atoms with Gasteiger partial charge in [-0.2, -0.15) is 0 Å². The number of carbonyl (C=O) groups is 2. The molecule has 1 N–H and O–H groups in total. The lowest BCUT2D eigenvalue weighted by Crippen LogP contribution is -2.37. The first-order valence-electron chi connectivity index (χ1n) is 7.18. The van der Waals surface area contributed by atoms with Gasteiger partial charge in [0.1, 0.15) is 4.88 Å². The predicted octanol–water partition coefficient (Wildman–Crippen LogP) is 3.31. The van der Waals surface area contributed by atoms with E-state index in [0.29, 0.717) is 17.8 Å². The van der Waals surface area contributed by atoms with Crippen molar-refractivity contribution in [3.63, 3.8) is 0 Å². The summed E-state index contributed by atoms with van der Waals surface area (Å²) in [7, 11) is 0. The third kappa shape index (κ3) is 4.43. The van der Waals surface area contributed by atoms with Gasteiger partial charge in [0.25, 0.3) is 5.91 Å². The largest absolute Gasteiger partial charge is 0.448 e. The van der Waals surface area contributed by atoms with Crippen LogP contribution < -0.4 is 5.32 Å². The number of rotatable bonds is 6. The van der Waals surface area contributed by atoms with Crippen LogP contribution in [0.2, 0.25) is 0 Å². The normalized spacial score (nSPS) is 11.7. The first-order valence-corrected chi connectivity index (χ1v) is 8.06. The topological polar surface area (TPSA) is 55.4 Å². The third-order valence-electron chi connectivity index (χ3n) is 3.22. The molecule has 0 saturated heterocycles. The fraction of sp³-hybridized carbons (Fsp3) is 0.294. The van der Waals surface area contributed by atoms with Crippen molar-refractivity contribution in [3.05, 3.63) is 57.8 Å². The van der Waals surface area contributed by atoms with Gasteiger partial charge >= 0.3 is 5.97 Å². The Labute approximate surface area is 134 Å². The lowest BCUT2D eigenvalue weighted by molar-refractivity contribution is -0.130. The number of amides is 1. The SMILES string of the molecule is CC[C@H](OC(=O)c1cccs1)C(=O)NCc1ccc(C)cc1. The van der Waals surface area contributed by atoms with Gasteiger partial charge in [0.15, 0.2) is 6.10 Å². The zero-order valence-electron chi connectivity index (χ0n) is 12.7. The second-order valence-electron chi connectivity index (χ2n) is 4.98. The molecule has 0 bridgehead atoms. The molecule has 0 aliphatic heterocycles. The van der Waals surface area contributed by atoms with Crippen molar-refractivity contribution < 1.29 is 14.3 Å². The predicted molar refractivity (Wildman–Crippen MR) is 86.8 cm³/mol. The lowest BCUT2D eigenvalue weighted by Gasteiger charge is -2.15. The lowest BCUT2D eigenvalue weighted by atomic mass is 10.1. The van der Waals surface area contributed by atoms with Crippen LogP contribution in [0.5, 0.6) is 0 Å². The fourth-order valence-electron chi connectivity index (χ4n) is 1.91. The number of carbonyl (C=O) groups excluding carboxylic acids is 2. The smallest absolute Gasteiger partial charge is 0.349 e. The number of nitrogens with one attached hydrogen (secondary N) is 1. The van der Waals surface area contributed by atoms with Gasteiger partial charge in [-0.15, -0.1) is 11.3 Å². The van der Waals surface area contributed by atoms with Crippen molar-refractivity contribution in [2.24, 2.45) is 0 Å². The molecule has 2 aromatic rings. The van der Waals surface area contributed by atoms with Gasteiger partial charge in [-0.3, -0.25) is 4.79 Å². The van der Waals surface area contributed by atoms with E-state index in [1.165, 1.54) is 16.9 Å².